The van der Waals surface area contributed by atoms with Gasteiger partial charge in [0.15, 0.2) is 23.7 Å². The van der Waals surface area contributed by atoms with E-state index in [4.69, 9.17) is 4.74 Å². The van der Waals surface area contributed by atoms with E-state index in [1.807, 2.05) is 4.90 Å². The molecular formula is C19H23FN4O4. The molecular weight excluding hydrogens is 367 g/mol. The lowest BCUT2D eigenvalue weighted by molar-refractivity contribution is 0.173. The second-order valence-corrected chi connectivity index (χ2v) is 7.83. The van der Waals surface area contributed by atoms with Crippen molar-refractivity contribution < 1.29 is 19.3 Å². The summed E-state index contributed by atoms with van der Waals surface area (Å²) < 4.78 is 22.9. The molecule has 3 aliphatic heterocycles. The summed E-state index contributed by atoms with van der Waals surface area (Å²) in [5, 5.41) is 21.4. The first-order valence-electron chi connectivity index (χ1n) is 9.50. The number of anilines is 1. The summed E-state index contributed by atoms with van der Waals surface area (Å²) in [4.78, 5) is 16.9. The van der Waals surface area contributed by atoms with Crippen LogP contribution in [-0.2, 0) is 6.61 Å². The number of ether oxygens (including phenoxy) is 1. The topological polar surface area (TPSA) is 81.4 Å². The Balaban J connectivity index is 1.67. The first-order valence-corrected chi connectivity index (χ1v) is 9.50. The molecule has 2 fully saturated rings. The van der Waals surface area contributed by atoms with Crippen LogP contribution in [0, 0.1) is 5.82 Å². The van der Waals surface area contributed by atoms with Crippen molar-refractivity contribution in [3.8, 4) is 5.75 Å². The molecule has 5 rings (SSSR count). The van der Waals surface area contributed by atoms with Crippen molar-refractivity contribution in [3.05, 3.63) is 33.9 Å². The van der Waals surface area contributed by atoms with Crippen molar-refractivity contribution >= 4 is 16.6 Å². The quantitative estimate of drug-likeness (QED) is 0.735. The van der Waals surface area contributed by atoms with Crippen molar-refractivity contribution in [2.24, 2.45) is 0 Å². The number of rotatable bonds is 2. The minimum atomic E-state index is -0.502. The smallest absolute Gasteiger partial charge is 0.195 e. The summed E-state index contributed by atoms with van der Waals surface area (Å²) in [7, 11) is 1.80. The lowest BCUT2D eigenvalue weighted by atomic mass is 10.1. The third-order valence-electron chi connectivity index (χ3n) is 6.07. The molecule has 0 unspecified atom stereocenters. The van der Waals surface area contributed by atoms with Crippen molar-refractivity contribution in [1.82, 2.24) is 9.58 Å². The Bertz CT molecular complexity index is 1010. The molecule has 0 saturated carbocycles. The highest BCUT2D eigenvalue weighted by atomic mass is 19.1. The van der Waals surface area contributed by atoms with Gasteiger partial charge in [-0.15, -0.1) is 0 Å². The van der Waals surface area contributed by atoms with E-state index in [1.54, 1.807) is 22.9 Å². The molecule has 3 aliphatic rings. The maximum absolute atomic E-state index is 15.2. The molecule has 0 radical (unpaired) electrons. The minimum absolute atomic E-state index is 0.177. The molecule has 1 aromatic heterocycles. The van der Waals surface area contributed by atoms with Crippen LogP contribution < -0.4 is 20.1 Å². The van der Waals surface area contributed by atoms with E-state index in [2.05, 4.69) is 4.90 Å². The van der Waals surface area contributed by atoms with Crippen LogP contribution in [0.3, 0.4) is 0 Å². The van der Waals surface area contributed by atoms with Gasteiger partial charge in [0.2, 0.25) is 0 Å². The van der Waals surface area contributed by atoms with Gasteiger partial charge in [-0.1, -0.05) is 0 Å². The van der Waals surface area contributed by atoms with Gasteiger partial charge in [0.25, 0.3) is 0 Å². The van der Waals surface area contributed by atoms with Crippen LogP contribution in [-0.4, -0.2) is 71.9 Å². The number of halogens is 1. The molecule has 2 aromatic rings. The molecule has 4 heterocycles. The number of aliphatic hydroxyl groups is 2. The normalized spacial score (nSPS) is 24.6. The zero-order valence-electron chi connectivity index (χ0n) is 15.6. The molecule has 8 nitrogen and oxygen atoms in total. The fourth-order valence-electron chi connectivity index (χ4n) is 4.70. The zero-order chi connectivity index (χ0) is 19.6. The third-order valence-corrected chi connectivity index (χ3v) is 6.07. The number of nitrogens with zero attached hydrogens (tertiary/aromatic N) is 4. The van der Waals surface area contributed by atoms with Crippen molar-refractivity contribution in [2.45, 2.75) is 25.2 Å². The van der Waals surface area contributed by atoms with E-state index in [0.717, 1.165) is 6.54 Å². The second kappa shape index (κ2) is 6.33. The number of pyridine rings is 1. The Morgan fingerprint density at radius 2 is 2.14 bits per heavy atom. The Kier molecular flexibility index (Phi) is 4.01. The predicted molar refractivity (Wildman–Crippen MR) is 102 cm³/mol. The van der Waals surface area contributed by atoms with Gasteiger partial charge in [0, 0.05) is 51.0 Å². The minimum Gasteiger partial charge on any atom is -0.467 e. The summed E-state index contributed by atoms with van der Waals surface area (Å²) in [5.41, 5.74) is 0.712. The summed E-state index contributed by atoms with van der Waals surface area (Å²) in [6.45, 7) is 2.43. The van der Waals surface area contributed by atoms with E-state index >= 15 is 4.39 Å². The number of fused-ring (bicyclic) bond motifs is 1. The number of piperazine rings is 1. The first kappa shape index (κ1) is 17.7. The van der Waals surface area contributed by atoms with Gasteiger partial charge in [-0.2, -0.15) is 0 Å². The molecule has 2 saturated heterocycles. The molecule has 9 heteroatoms. The maximum atomic E-state index is 15.2. The van der Waals surface area contributed by atoms with E-state index in [1.165, 1.54) is 6.07 Å². The second-order valence-electron chi connectivity index (χ2n) is 7.83. The third kappa shape index (κ3) is 2.50. The van der Waals surface area contributed by atoms with Crippen molar-refractivity contribution in [3.63, 3.8) is 0 Å². The molecule has 2 N–H and O–H groups in total. The van der Waals surface area contributed by atoms with Crippen LogP contribution in [0.4, 0.5) is 10.1 Å². The van der Waals surface area contributed by atoms with Gasteiger partial charge in [0.05, 0.1) is 18.1 Å². The first-order chi connectivity index (χ1) is 13.5. The molecule has 28 heavy (non-hydrogen) atoms. The number of benzene rings is 1. The molecule has 0 bridgehead atoms. The fraction of sp³-hybridized carbons (Fsp3) is 0.526. The van der Waals surface area contributed by atoms with Crippen LogP contribution >= 0.6 is 0 Å². The Morgan fingerprint density at radius 3 is 2.93 bits per heavy atom. The monoisotopic (exact) mass is 390 g/mol. The number of aromatic nitrogens is 1. The average molecular weight is 390 g/mol. The molecule has 0 spiro atoms. The van der Waals surface area contributed by atoms with Crippen LogP contribution in [0.1, 0.15) is 12.0 Å². The fourth-order valence-corrected chi connectivity index (χ4v) is 4.70. The summed E-state index contributed by atoms with van der Waals surface area (Å²) in [6, 6.07) is 1.43. The van der Waals surface area contributed by atoms with Gasteiger partial charge in [-0.05, 0) is 12.5 Å². The van der Waals surface area contributed by atoms with Gasteiger partial charge in [-0.3, -0.25) is 19.4 Å². The molecule has 150 valence electrons. The molecule has 0 amide bonds. The largest absolute Gasteiger partial charge is 0.467 e. The predicted octanol–water partition coefficient (Wildman–Crippen LogP) is -0.194. The SMILES string of the molecule is CN1COc2c(N3CCN4C[C@H](O)C[C@H]4C3)c(F)cc3c(=O)c(CO)cn1c23. The Morgan fingerprint density at radius 1 is 1.32 bits per heavy atom. The van der Waals surface area contributed by atoms with E-state index in [9.17, 15) is 15.0 Å². The molecule has 1 aromatic carbocycles. The Hall–Kier alpha value is -2.36. The average Bonchev–Trinajstić information content (AvgIpc) is 3.05. The highest BCUT2D eigenvalue weighted by Gasteiger charge is 2.37. The maximum Gasteiger partial charge on any atom is 0.195 e. The summed E-state index contributed by atoms with van der Waals surface area (Å²) in [6.07, 6.45) is 1.93. The number of hydrogen-bond acceptors (Lipinski definition) is 7. The van der Waals surface area contributed by atoms with Crippen LogP contribution in [0.15, 0.2) is 17.1 Å². The van der Waals surface area contributed by atoms with E-state index in [-0.39, 0.29) is 35.3 Å². The summed E-state index contributed by atoms with van der Waals surface area (Å²) >= 11 is 0. The van der Waals surface area contributed by atoms with Gasteiger partial charge >= 0.3 is 0 Å². The lowest BCUT2D eigenvalue weighted by Crippen LogP contribution is -2.50. The van der Waals surface area contributed by atoms with Crippen LogP contribution in [0.5, 0.6) is 5.75 Å². The van der Waals surface area contributed by atoms with Crippen molar-refractivity contribution in [1.29, 1.82) is 0 Å². The highest BCUT2D eigenvalue weighted by Crippen LogP contribution is 2.41. The molecule has 0 aliphatic carbocycles. The van der Waals surface area contributed by atoms with Gasteiger partial charge in [0.1, 0.15) is 11.2 Å². The standard InChI is InChI=1S/C19H23FN4O4/c1-21-10-28-19-16-14(18(27)11(9-25)6-24(16)21)5-15(20)17(19)23-3-2-22-8-13(26)4-12(22)7-23/h5-6,12-13,25-26H,2-4,7-10H2,1H3/t12-,13+/m0/s1. The summed E-state index contributed by atoms with van der Waals surface area (Å²) in [5.74, 6) is -0.139. The lowest BCUT2D eigenvalue weighted by Gasteiger charge is -2.40. The Labute approximate surface area is 160 Å². The number of hydrogen-bond donors (Lipinski definition) is 2. The van der Waals surface area contributed by atoms with E-state index < -0.39 is 12.4 Å². The van der Waals surface area contributed by atoms with E-state index in [0.29, 0.717) is 43.0 Å². The highest BCUT2D eigenvalue weighted by molar-refractivity contribution is 5.92. The van der Waals surface area contributed by atoms with Crippen molar-refractivity contribution in [2.75, 3.05) is 49.9 Å². The van der Waals surface area contributed by atoms with Gasteiger partial charge < -0.3 is 19.8 Å². The van der Waals surface area contributed by atoms with Gasteiger partial charge in [-0.25, -0.2) is 4.39 Å². The van der Waals surface area contributed by atoms with Crippen LogP contribution in [0.2, 0.25) is 0 Å². The number of aliphatic hydroxyl groups excluding tert-OH is 2. The zero-order valence-corrected chi connectivity index (χ0v) is 15.6. The molecule has 2 atom stereocenters. The van der Waals surface area contributed by atoms with Crippen LogP contribution in [0.25, 0.3) is 10.9 Å².